The third-order valence-electron chi connectivity index (χ3n) is 11.8. The molecule has 0 N–H and O–H groups in total. The molecule has 306 valence electrons. The Labute approximate surface area is 393 Å². The minimum absolute atomic E-state index is 0.0949. The molecule has 0 aromatic heterocycles. The molecule has 0 spiro atoms. The molecule has 0 bridgehead atoms. The van der Waals surface area contributed by atoms with Crippen LogP contribution in [0.5, 0.6) is 0 Å². The molecule has 0 aliphatic heterocycles. The SMILES string of the molecule is [2H]c1c([2H])c(N(c2ccc(-c3cc(-c4ccccc4)cc(-c4ccccc4)c3)cc2)c2c([2H])c([2H])c(-c3cccc(-c4cccc5ccccc45)c3)c([2H])c2[2H])c([2H])c([2H])c1-c1ccc(-c2ccccc2)cc1. The van der Waals surface area contributed by atoms with Gasteiger partial charge in [0.1, 0.15) is 0 Å². The van der Waals surface area contributed by atoms with E-state index < -0.39 is 24.2 Å². The number of anilines is 3. The van der Waals surface area contributed by atoms with Crippen molar-refractivity contribution in [2.45, 2.75) is 0 Å². The molecule has 0 fully saturated rings. The quantitative estimate of drug-likeness (QED) is 0.133. The summed E-state index contributed by atoms with van der Waals surface area (Å²) in [5, 5.41) is 2.10. The van der Waals surface area contributed by atoms with Crippen molar-refractivity contribution in [3.8, 4) is 77.9 Å². The van der Waals surface area contributed by atoms with Gasteiger partial charge in [0.05, 0.1) is 11.0 Å². The van der Waals surface area contributed by atoms with Crippen LogP contribution in [0.3, 0.4) is 0 Å². The number of benzene rings is 11. The Balaban J connectivity index is 1.08. The van der Waals surface area contributed by atoms with Crippen LogP contribution in [-0.4, -0.2) is 0 Å². The predicted molar refractivity (Wildman–Crippen MR) is 277 cm³/mol. The summed E-state index contributed by atoms with van der Waals surface area (Å²) in [6.07, 6.45) is 0. The van der Waals surface area contributed by atoms with Crippen LogP contribution >= 0.6 is 0 Å². The summed E-state index contributed by atoms with van der Waals surface area (Å²) < 4.78 is 76.9. The van der Waals surface area contributed by atoms with Crippen molar-refractivity contribution >= 4 is 27.8 Å². The summed E-state index contributed by atoms with van der Waals surface area (Å²) in [6.45, 7) is 0. The summed E-state index contributed by atoms with van der Waals surface area (Å²) in [6, 6.07) is 69.9. The van der Waals surface area contributed by atoms with Crippen molar-refractivity contribution in [3.63, 3.8) is 0 Å². The van der Waals surface area contributed by atoms with Crippen molar-refractivity contribution in [1.29, 1.82) is 0 Å². The van der Waals surface area contributed by atoms with Crippen LogP contribution in [-0.2, 0) is 0 Å². The molecule has 1 nitrogen and oxygen atoms in total. The Morgan fingerprint density at radius 3 is 1.14 bits per heavy atom. The second-order valence-corrected chi connectivity index (χ2v) is 15.9. The minimum Gasteiger partial charge on any atom is -0.311 e. The Hall–Kier alpha value is -8.52. The van der Waals surface area contributed by atoms with Gasteiger partial charge in [0.2, 0.25) is 0 Å². The van der Waals surface area contributed by atoms with E-state index in [1.54, 1.807) is 30.3 Å². The van der Waals surface area contributed by atoms with Crippen LogP contribution in [0.2, 0.25) is 0 Å². The Morgan fingerprint density at radius 1 is 0.231 bits per heavy atom. The van der Waals surface area contributed by atoms with Gasteiger partial charge in [-0.25, -0.2) is 0 Å². The molecule has 0 radical (unpaired) electrons. The Bertz CT molecular complexity index is 3740. The molecular formula is C64H45N. The van der Waals surface area contributed by atoms with Crippen LogP contribution in [0.15, 0.2) is 273 Å². The van der Waals surface area contributed by atoms with Gasteiger partial charge in [-0.3, -0.25) is 0 Å². The molecule has 0 saturated heterocycles. The summed E-state index contributed by atoms with van der Waals surface area (Å²) in [5.74, 6) is 0. The molecule has 0 amide bonds. The van der Waals surface area contributed by atoms with Gasteiger partial charge < -0.3 is 4.90 Å². The maximum absolute atomic E-state index is 9.73. The highest BCUT2D eigenvalue weighted by molar-refractivity contribution is 5.97. The van der Waals surface area contributed by atoms with Crippen LogP contribution in [0.4, 0.5) is 17.1 Å². The van der Waals surface area contributed by atoms with Crippen LogP contribution < -0.4 is 4.90 Å². The van der Waals surface area contributed by atoms with Gasteiger partial charge in [-0.15, -0.1) is 0 Å². The van der Waals surface area contributed by atoms with Gasteiger partial charge in [0.25, 0.3) is 0 Å². The molecule has 11 rings (SSSR count). The van der Waals surface area contributed by atoms with E-state index in [1.165, 1.54) is 4.90 Å². The molecule has 1 heteroatoms. The van der Waals surface area contributed by atoms with E-state index in [4.69, 9.17) is 0 Å². The average Bonchev–Trinajstić information content (AvgIpc) is 3.44. The molecule has 65 heavy (non-hydrogen) atoms. The molecule has 11 aromatic carbocycles. The topological polar surface area (TPSA) is 3.24 Å². The van der Waals surface area contributed by atoms with E-state index in [-0.39, 0.29) is 46.7 Å². The van der Waals surface area contributed by atoms with E-state index in [0.29, 0.717) is 16.8 Å². The zero-order valence-corrected chi connectivity index (χ0v) is 35.3. The van der Waals surface area contributed by atoms with E-state index in [0.717, 1.165) is 66.4 Å². The second kappa shape index (κ2) is 17.7. The lowest BCUT2D eigenvalue weighted by Crippen LogP contribution is -2.09. The zero-order chi connectivity index (χ0) is 50.3. The van der Waals surface area contributed by atoms with E-state index in [9.17, 15) is 11.0 Å². The molecule has 11 aromatic rings. The fourth-order valence-corrected chi connectivity index (χ4v) is 8.47. The molecule has 0 aliphatic carbocycles. The lowest BCUT2D eigenvalue weighted by Gasteiger charge is -2.26. The first-order valence-corrected chi connectivity index (χ1v) is 21.7. The third-order valence-corrected chi connectivity index (χ3v) is 11.8. The standard InChI is InChI=1S/C64H45N/c1-4-14-46(15-5-1)49-26-28-50(29-27-49)51-30-36-60(37-31-51)65(61-38-32-52(33-39-61)55-22-12-23-56(42-55)64-25-13-21-54-20-10-11-24-63(54)64)62-40-34-53(35-41-62)59-44-57(47-16-6-2-7-17-47)43-58(45-59)48-18-8-3-9-19-48/h1-45H/i30D,31D,32D,33D,36D,37D,38D,39D. The van der Waals surface area contributed by atoms with Gasteiger partial charge in [-0.05, 0) is 149 Å². The molecule has 0 saturated carbocycles. The Morgan fingerprint density at radius 2 is 0.585 bits per heavy atom. The van der Waals surface area contributed by atoms with Crippen LogP contribution in [0.25, 0.3) is 88.7 Å². The first-order valence-electron chi connectivity index (χ1n) is 25.7. The fraction of sp³-hybridized carbons (Fsp3) is 0. The average molecular weight is 836 g/mol. The van der Waals surface area contributed by atoms with Gasteiger partial charge >= 0.3 is 0 Å². The van der Waals surface area contributed by atoms with Gasteiger partial charge in [0.15, 0.2) is 0 Å². The summed E-state index contributed by atoms with van der Waals surface area (Å²) in [4.78, 5) is 1.36. The number of hydrogen-bond donors (Lipinski definition) is 0. The summed E-state index contributed by atoms with van der Waals surface area (Å²) >= 11 is 0. The monoisotopic (exact) mass is 835 g/mol. The number of hydrogen-bond acceptors (Lipinski definition) is 1. The molecule has 0 atom stereocenters. The van der Waals surface area contributed by atoms with Crippen molar-refractivity contribution in [2.75, 3.05) is 4.90 Å². The van der Waals surface area contributed by atoms with Crippen molar-refractivity contribution in [1.82, 2.24) is 0 Å². The maximum atomic E-state index is 9.73. The largest absolute Gasteiger partial charge is 0.311 e. The molecule has 0 heterocycles. The highest BCUT2D eigenvalue weighted by Crippen LogP contribution is 2.40. The van der Waals surface area contributed by atoms with Crippen molar-refractivity contribution in [3.05, 3.63) is 273 Å². The summed E-state index contributed by atoms with van der Waals surface area (Å²) in [5.41, 5.74) is 10.7. The molecule has 0 unspecified atom stereocenters. The van der Waals surface area contributed by atoms with Crippen LogP contribution in [0, 0.1) is 0 Å². The van der Waals surface area contributed by atoms with E-state index in [1.807, 2.05) is 152 Å². The number of fused-ring (bicyclic) bond motifs is 1. The van der Waals surface area contributed by atoms with E-state index >= 15 is 0 Å². The zero-order valence-electron chi connectivity index (χ0n) is 43.3. The van der Waals surface area contributed by atoms with Gasteiger partial charge in [-0.2, -0.15) is 0 Å². The van der Waals surface area contributed by atoms with Crippen LogP contribution in [0.1, 0.15) is 11.0 Å². The maximum Gasteiger partial charge on any atom is 0.0645 e. The van der Waals surface area contributed by atoms with Gasteiger partial charge in [0, 0.05) is 17.1 Å². The molecule has 0 aliphatic rings. The Kier molecular flexibility index (Phi) is 8.53. The number of rotatable bonds is 10. The fourth-order valence-electron chi connectivity index (χ4n) is 8.47. The third kappa shape index (κ3) is 8.27. The van der Waals surface area contributed by atoms with E-state index in [2.05, 4.69) is 42.5 Å². The highest BCUT2D eigenvalue weighted by atomic mass is 15.1. The summed E-state index contributed by atoms with van der Waals surface area (Å²) in [7, 11) is 0. The first-order chi connectivity index (χ1) is 35.5. The smallest absolute Gasteiger partial charge is 0.0645 e. The van der Waals surface area contributed by atoms with Gasteiger partial charge in [-0.1, -0.05) is 212 Å². The van der Waals surface area contributed by atoms with Crippen molar-refractivity contribution in [2.24, 2.45) is 0 Å². The highest BCUT2D eigenvalue weighted by Gasteiger charge is 2.15. The minimum atomic E-state index is -0.406. The number of nitrogens with zero attached hydrogens (tertiary/aromatic N) is 1. The molecular weight excluding hydrogens is 783 g/mol. The lowest BCUT2D eigenvalue weighted by atomic mass is 9.93. The lowest BCUT2D eigenvalue weighted by molar-refractivity contribution is 1.28. The normalized spacial score (nSPS) is 12.8. The second-order valence-electron chi connectivity index (χ2n) is 15.9. The van der Waals surface area contributed by atoms with Crippen molar-refractivity contribution < 1.29 is 11.0 Å². The predicted octanol–water partition coefficient (Wildman–Crippen LogP) is 18.0. The first kappa shape index (κ1) is 31.3.